The van der Waals surface area contributed by atoms with Gasteiger partial charge in [0.15, 0.2) is 6.29 Å². The molecule has 1 saturated heterocycles. The second kappa shape index (κ2) is 6.48. The zero-order valence-electron chi connectivity index (χ0n) is 9.32. The molecular weight excluding hydrogens is 216 g/mol. The highest BCUT2D eigenvalue weighted by Crippen LogP contribution is 2.19. The number of unbranched alkanes of at least 4 members (excludes halogenated alkanes) is 1. The van der Waals surface area contributed by atoms with Crippen molar-refractivity contribution in [2.75, 3.05) is 13.2 Å². The Morgan fingerprint density at radius 2 is 1.75 bits per heavy atom. The number of aliphatic hydroxyl groups is 4. The molecule has 0 spiro atoms. The van der Waals surface area contributed by atoms with Crippen LogP contribution in [0.25, 0.3) is 0 Å². The van der Waals surface area contributed by atoms with Crippen molar-refractivity contribution in [3.63, 3.8) is 0 Å². The van der Waals surface area contributed by atoms with Crippen molar-refractivity contribution in [2.24, 2.45) is 0 Å². The summed E-state index contributed by atoms with van der Waals surface area (Å²) >= 11 is 0. The predicted molar refractivity (Wildman–Crippen MR) is 54.6 cm³/mol. The van der Waals surface area contributed by atoms with Gasteiger partial charge in [-0.05, 0) is 6.42 Å². The number of rotatable bonds is 5. The molecule has 0 aromatic heterocycles. The molecule has 1 fully saturated rings. The molecule has 5 atom stereocenters. The van der Waals surface area contributed by atoms with Gasteiger partial charge in [0.1, 0.15) is 24.4 Å². The van der Waals surface area contributed by atoms with Crippen molar-refractivity contribution in [1.29, 1.82) is 0 Å². The summed E-state index contributed by atoms with van der Waals surface area (Å²) < 4.78 is 10.2. The molecule has 0 aromatic rings. The molecule has 1 rings (SSSR count). The molecule has 1 aliphatic heterocycles. The molecule has 6 heteroatoms. The number of hydrogen-bond acceptors (Lipinski definition) is 6. The third-order valence-electron chi connectivity index (χ3n) is 2.61. The topological polar surface area (TPSA) is 99.4 Å². The number of hydrogen-bond donors (Lipinski definition) is 4. The lowest BCUT2D eigenvalue weighted by Crippen LogP contribution is -2.58. The summed E-state index contributed by atoms with van der Waals surface area (Å²) in [7, 11) is 0. The Morgan fingerprint density at radius 3 is 2.38 bits per heavy atom. The van der Waals surface area contributed by atoms with Crippen LogP contribution in [0.4, 0.5) is 0 Å². The van der Waals surface area contributed by atoms with Gasteiger partial charge in [0, 0.05) is 6.61 Å². The third-order valence-corrected chi connectivity index (χ3v) is 2.61. The van der Waals surface area contributed by atoms with Crippen molar-refractivity contribution in [2.45, 2.75) is 50.5 Å². The average Bonchev–Trinajstić information content (AvgIpc) is 2.28. The molecule has 0 bridgehead atoms. The fraction of sp³-hybridized carbons (Fsp3) is 1.00. The van der Waals surface area contributed by atoms with Crippen LogP contribution in [0, 0.1) is 0 Å². The highest BCUT2D eigenvalue weighted by molar-refractivity contribution is 4.88. The van der Waals surface area contributed by atoms with Gasteiger partial charge in [-0.15, -0.1) is 0 Å². The van der Waals surface area contributed by atoms with Crippen LogP contribution < -0.4 is 0 Å². The van der Waals surface area contributed by atoms with Gasteiger partial charge in [-0.2, -0.15) is 0 Å². The molecule has 4 N–H and O–H groups in total. The van der Waals surface area contributed by atoms with E-state index >= 15 is 0 Å². The highest BCUT2D eigenvalue weighted by atomic mass is 16.6. The van der Waals surface area contributed by atoms with Gasteiger partial charge >= 0.3 is 0 Å². The zero-order chi connectivity index (χ0) is 12.1. The van der Waals surface area contributed by atoms with E-state index in [9.17, 15) is 20.4 Å². The van der Waals surface area contributed by atoms with Crippen LogP contribution in [0.5, 0.6) is 0 Å². The lowest BCUT2D eigenvalue weighted by Gasteiger charge is -2.38. The lowest BCUT2D eigenvalue weighted by molar-refractivity contribution is -0.288. The Morgan fingerprint density at radius 1 is 1.06 bits per heavy atom. The molecule has 5 unspecified atom stereocenters. The minimum absolute atomic E-state index is 0.0853. The van der Waals surface area contributed by atoms with Gasteiger partial charge in [-0.25, -0.2) is 0 Å². The summed E-state index contributed by atoms with van der Waals surface area (Å²) in [6.45, 7) is 2.65. The van der Waals surface area contributed by atoms with Gasteiger partial charge in [0.05, 0.1) is 6.61 Å². The summed E-state index contributed by atoms with van der Waals surface area (Å²) in [5.74, 6) is 0. The smallest absolute Gasteiger partial charge is 0.184 e. The third kappa shape index (κ3) is 3.38. The second-order valence-electron chi connectivity index (χ2n) is 3.97. The van der Waals surface area contributed by atoms with Gasteiger partial charge < -0.3 is 29.9 Å². The normalized spacial score (nSPS) is 39.9. The largest absolute Gasteiger partial charge is 0.387 e. The van der Waals surface area contributed by atoms with Crippen molar-refractivity contribution in [1.82, 2.24) is 0 Å². The maximum absolute atomic E-state index is 9.56. The first-order valence-corrected chi connectivity index (χ1v) is 5.53. The summed E-state index contributed by atoms with van der Waals surface area (Å²) in [5, 5.41) is 37.4. The molecule has 0 aromatic carbocycles. The maximum Gasteiger partial charge on any atom is 0.184 e. The monoisotopic (exact) mass is 236 g/mol. The molecule has 6 nitrogen and oxygen atoms in total. The first kappa shape index (κ1) is 13.8. The quantitative estimate of drug-likeness (QED) is 0.438. The zero-order valence-corrected chi connectivity index (χ0v) is 9.32. The minimum atomic E-state index is -1.49. The van der Waals surface area contributed by atoms with Crippen LogP contribution in [-0.4, -0.2) is 64.3 Å². The Balaban J connectivity index is 2.35. The van der Waals surface area contributed by atoms with Gasteiger partial charge in [0.2, 0.25) is 0 Å². The summed E-state index contributed by atoms with van der Waals surface area (Å²) in [4.78, 5) is 0. The summed E-state index contributed by atoms with van der Waals surface area (Å²) in [6.07, 6.45) is -4.55. The van der Waals surface area contributed by atoms with E-state index in [1.165, 1.54) is 0 Å². The van der Waals surface area contributed by atoms with E-state index in [2.05, 4.69) is 0 Å². The van der Waals surface area contributed by atoms with E-state index in [0.717, 1.165) is 12.8 Å². The van der Waals surface area contributed by atoms with Crippen LogP contribution >= 0.6 is 0 Å². The van der Waals surface area contributed by atoms with Crippen LogP contribution in [0.15, 0.2) is 0 Å². The average molecular weight is 236 g/mol. The SMILES string of the molecule is CCCCOCC1OC(O)C(O)C(O)C1O. The van der Waals surface area contributed by atoms with E-state index in [4.69, 9.17) is 9.47 Å². The van der Waals surface area contributed by atoms with E-state index in [1.54, 1.807) is 0 Å². The molecular formula is C10H20O6. The van der Waals surface area contributed by atoms with Crippen molar-refractivity contribution < 1.29 is 29.9 Å². The van der Waals surface area contributed by atoms with Crippen LogP contribution in [0.2, 0.25) is 0 Å². The first-order chi connectivity index (χ1) is 7.57. The van der Waals surface area contributed by atoms with Gasteiger partial charge in [-0.1, -0.05) is 13.3 Å². The van der Waals surface area contributed by atoms with Gasteiger partial charge in [0.25, 0.3) is 0 Å². The Kier molecular flexibility index (Phi) is 5.60. The van der Waals surface area contributed by atoms with E-state index in [0.29, 0.717) is 6.61 Å². The minimum Gasteiger partial charge on any atom is -0.387 e. The second-order valence-corrected chi connectivity index (χ2v) is 3.97. The summed E-state index contributed by atoms with van der Waals surface area (Å²) in [5.41, 5.74) is 0. The van der Waals surface area contributed by atoms with Crippen LogP contribution in [0.1, 0.15) is 19.8 Å². The van der Waals surface area contributed by atoms with Crippen molar-refractivity contribution in [3.05, 3.63) is 0 Å². The maximum atomic E-state index is 9.56. The standard InChI is InChI=1S/C10H20O6/c1-2-3-4-15-5-6-7(11)8(12)9(13)10(14)16-6/h6-14H,2-5H2,1H3. The fourth-order valence-corrected chi connectivity index (χ4v) is 1.51. The highest BCUT2D eigenvalue weighted by Gasteiger charge is 2.42. The predicted octanol–water partition coefficient (Wildman–Crippen LogP) is -1.40. The molecule has 0 radical (unpaired) electrons. The lowest BCUT2D eigenvalue weighted by atomic mass is 9.99. The fourth-order valence-electron chi connectivity index (χ4n) is 1.51. The van der Waals surface area contributed by atoms with Gasteiger partial charge in [-0.3, -0.25) is 0 Å². The van der Waals surface area contributed by atoms with E-state index in [-0.39, 0.29) is 6.61 Å². The molecule has 96 valence electrons. The van der Waals surface area contributed by atoms with Crippen molar-refractivity contribution >= 4 is 0 Å². The Bertz CT molecular complexity index is 200. The molecule has 0 amide bonds. The van der Waals surface area contributed by atoms with Crippen molar-refractivity contribution in [3.8, 4) is 0 Å². The Hall–Kier alpha value is -0.240. The molecule has 0 saturated carbocycles. The first-order valence-electron chi connectivity index (χ1n) is 5.53. The van der Waals surface area contributed by atoms with Crippen LogP contribution in [-0.2, 0) is 9.47 Å². The summed E-state index contributed by atoms with van der Waals surface area (Å²) in [6, 6.07) is 0. The molecule has 1 aliphatic rings. The molecule has 16 heavy (non-hydrogen) atoms. The number of aliphatic hydroxyl groups excluding tert-OH is 4. The molecule has 1 heterocycles. The van der Waals surface area contributed by atoms with Crippen LogP contribution in [0.3, 0.4) is 0 Å². The van der Waals surface area contributed by atoms with E-state index < -0.39 is 30.7 Å². The number of ether oxygens (including phenoxy) is 2. The van der Waals surface area contributed by atoms with E-state index in [1.807, 2.05) is 6.92 Å². The molecule has 0 aliphatic carbocycles. The Labute approximate surface area is 94.4 Å².